The Hall–Kier alpha value is -2.88. The molecule has 1 atom stereocenters. The van der Waals surface area contributed by atoms with Crippen LogP contribution in [0.2, 0.25) is 0 Å². The van der Waals surface area contributed by atoms with E-state index in [0.29, 0.717) is 38.7 Å². The lowest BCUT2D eigenvalue weighted by Crippen LogP contribution is -2.41. The van der Waals surface area contributed by atoms with E-state index in [1.165, 1.54) is 0 Å². The number of aromatic nitrogens is 3. The Morgan fingerprint density at radius 1 is 1.12 bits per heavy atom. The Morgan fingerprint density at radius 2 is 1.91 bits per heavy atom. The van der Waals surface area contributed by atoms with Crippen molar-refractivity contribution in [2.24, 2.45) is 0 Å². The first-order valence-electron chi connectivity index (χ1n) is 11.3. The molecule has 2 heterocycles. The van der Waals surface area contributed by atoms with Crippen LogP contribution in [0.1, 0.15) is 28.9 Å². The van der Waals surface area contributed by atoms with Crippen LogP contribution in [-0.4, -0.2) is 72.7 Å². The summed E-state index contributed by atoms with van der Waals surface area (Å²) in [6.07, 6.45) is 0. The third-order valence-corrected chi connectivity index (χ3v) is 6.74. The van der Waals surface area contributed by atoms with Crippen LogP contribution in [0.25, 0.3) is 11.4 Å². The number of methoxy groups -OCH3 is 2. The molecule has 1 aromatic heterocycles. The van der Waals surface area contributed by atoms with Gasteiger partial charge in [-0.15, -0.1) is 10.2 Å². The molecule has 8 nitrogen and oxygen atoms in total. The molecule has 0 radical (unpaired) electrons. The van der Waals surface area contributed by atoms with Crippen LogP contribution in [-0.2, 0) is 15.2 Å². The summed E-state index contributed by atoms with van der Waals surface area (Å²) in [6, 6.07) is 15.6. The van der Waals surface area contributed by atoms with Crippen molar-refractivity contribution in [1.82, 2.24) is 19.7 Å². The van der Waals surface area contributed by atoms with E-state index in [0.717, 1.165) is 33.4 Å². The van der Waals surface area contributed by atoms with Crippen molar-refractivity contribution in [3.8, 4) is 17.1 Å². The van der Waals surface area contributed by atoms with Crippen molar-refractivity contribution in [2.45, 2.75) is 23.9 Å². The summed E-state index contributed by atoms with van der Waals surface area (Å²) >= 11 is 1.57. The number of rotatable bonds is 9. The van der Waals surface area contributed by atoms with Gasteiger partial charge in [0.2, 0.25) is 0 Å². The van der Waals surface area contributed by atoms with E-state index in [4.69, 9.17) is 14.2 Å². The summed E-state index contributed by atoms with van der Waals surface area (Å²) in [4.78, 5) is 15.0. The lowest BCUT2D eigenvalue weighted by atomic mass is 10.1. The Balaban J connectivity index is 1.60. The minimum Gasteiger partial charge on any atom is -0.497 e. The van der Waals surface area contributed by atoms with E-state index in [-0.39, 0.29) is 11.9 Å². The van der Waals surface area contributed by atoms with E-state index in [1.807, 2.05) is 53.4 Å². The first-order valence-corrected chi connectivity index (χ1v) is 12.3. The number of benzene rings is 2. The molecule has 1 aliphatic rings. The quantitative estimate of drug-likeness (QED) is 0.428. The number of carbonyl (C=O) groups is 1. The molecular weight excluding hydrogens is 452 g/mol. The smallest absolute Gasteiger partial charge is 0.254 e. The molecule has 180 valence electrons. The van der Waals surface area contributed by atoms with Gasteiger partial charge in [0.1, 0.15) is 5.75 Å². The van der Waals surface area contributed by atoms with Crippen molar-refractivity contribution >= 4 is 17.7 Å². The monoisotopic (exact) mass is 482 g/mol. The topological polar surface area (TPSA) is 78.7 Å². The molecule has 1 aliphatic heterocycles. The van der Waals surface area contributed by atoms with Crippen molar-refractivity contribution in [3.63, 3.8) is 0 Å². The van der Waals surface area contributed by atoms with Gasteiger partial charge in [0.15, 0.2) is 11.0 Å². The molecule has 0 bridgehead atoms. The molecule has 1 fully saturated rings. The maximum Gasteiger partial charge on any atom is 0.254 e. The van der Waals surface area contributed by atoms with Crippen molar-refractivity contribution in [3.05, 3.63) is 59.7 Å². The number of thioether (sulfide) groups is 1. The fraction of sp³-hybridized carbons (Fsp3) is 0.400. The van der Waals surface area contributed by atoms with E-state index in [2.05, 4.69) is 21.7 Å². The third kappa shape index (κ3) is 5.43. The predicted molar refractivity (Wildman–Crippen MR) is 131 cm³/mol. The molecule has 0 saturated carbocycles. The molecule has 1 saturated heterocycles. The molecule has 1 unspecified atom stereocenters. The highest BCUT2D eigenvalue weighted by molar-refractivity contribution is 7.98. The van der Waals surface area contributed by atoms with Crippen LogP contribution >= 0.6 is 11.8 Å². The summed E-state index contributed by atoms with van der Waals surface area (Å²) in [5.74, 6) is 2.16. The van der Waals surface area contributed by atoms with Crippen molar-refractivity contribution in [1.29, 1.82) is 0 Å². The van der Waals surface area contributed by atoms with Crippen LogP contribution in [0, 0.1) is 0 Å². The SMILES string of the molecule is COCC(C)n1c(SCc2ccccc2C(=O)N2CCOCC2)nnc1-c1cccc(OC)c1. The zero-order valence-corrected chi connectivity index (χ0v) is 20.6. The number of amides is 1. The summed E-state index contributed by atoms with van der Waals surface area (Å²) in [6.45, 7) is 5.00. The van der Waals surface area contributed by atoms with Gasteiger partial charge in [0.25, 0.3) is 5.91 Å². The third-order valence-electron chi connectivity index (χ3n) is 5.74. The molecule has 34 heavy (non-hydrogen) atoms. The summed E-state index contributed by atoms with van der Waals surface area (Å²) < 4.78 is 18.3. The molecule has 2 aromatic carbocycles. The van der Waals surface area contributed by atoms with Gasteiger partial charge in [-0.2, -0.15) is 0 Å². The number of morpholine rings is 1. The van der Waals surface area contributed by atoms with Gasteiger partial charge in [-0.1, -0.05) is 42.1 Å². The first-order chi connectivity index (χ1) is 16.6. The number of nitrogens with zero attached hydrogens (tertiary/aromatic N) is 4. The van der Waals surface area contributed by atoms with E-state index in [9.17, 15) is 4.79 Å². The van der Waals surface area contributed by atoms with Crippen LogP contribution in [0.4, 0.5) is 0 Å². The molecule has 4 rings (SSSR count). The standard InChI is InChI=1S/C25H30N4O4S/c1-18(16-31-2)29-23(19-8-6-9-21(15-19)32-3)26-27-25(29)34-17-20-7-4-5-10-22(20)24(30)28-11-13-33-14-12-28/h4-10,15,18H,11-14,16-17H2,1-3H3. The Kier molecular flexibility index (Phi) is 8.21. The Labute approximate surface area is 204 Å². The fourth-order valence-corrected chi connectivity index (χ4v) is 5.02. The highest BCUT2D eigenvalue weighted by atomic mass is 32.2. The molecule has 0 aliphatic carbocycles. The Morgan fingerprint density at radius 3 is 2.68 bits per heavy atom. The van der Waals surface area contributed by atoms with Crippen molar-refractivity contribution < 1.29 is 19.0 Å². The largest absolute Gasteiger partial charge is 0.497 e. The normalized spacial score (nSPS) is 14.7. The van der Waals surface area contributed by atoms with E-state index < -0.39 is 0 Å². The second-order valence-electron chi connectivity index (χ2n) is 8.06. The van der Waals surface area contributed by atoms with Gasteiger partial charge in [0.05, 0.1) is 33.0 Å². The number of hydrogen-bond acceptors (Lipinski definition) is 7. The second kappa shape index (κ2) is 11.5. The van der Waals surface area contributed by atoms with Crippen LogP contribution < -0.4 is 4.74 Å². The van der Waals surface area contributed by atoms with Gasteiger partial charge < -0.3 is 19.1 Å². The zero-order chi connectivity index (χ0) is 23.9. The predicted octanol–water partition coefficient (Wildman–Crippen LogP) is 3.93. The van der Waals surface area contributed by atoms with Crippen LogP contribution in [0.15, 0.2) is 53.7 Å². The lowest BCUT2D eigenvalue weighted by molar-refractivity contribution is 0.0302. The number of hydrogen-bond donors (Lipinski definition) is 0. The lowest BCUT2D eigenvalue weighted by Gasteiger charge is -2.27. The van der Waals surface area contributed by atoms with Crippen LogP contribution in [0.5, 0.6) is 5.75 Å². The molecule has 9 heteroatoms. The highest BCUT2D eigenvalue weighted by Crippen LogP contribution is 2.32. The van der Waals surface area contributed by atoms with Crippen molar-refractivity contribution in [2.75, 3.05) is 47.1 Å². The summed E-state index contributed by atoms with van der Waals surface area (Å²) in [5.41, 5.74) is 2.62. The maximum atomic E-state index is 13.1. The van der Waals surface area contributed by atoms with Gasteiger partial charge in [-0.25, -0.2) is 0 Å². The molecular formula is C25H30N4O4S. The number of carbonyl (C=O) groups excluding carboxylic acids is 1. The van der Waals surface area contributed by atoms with Gasteiger partial charge >= 0.3 is 0 Å². The number of ether oxygens (including phenoxy) is 3. The minimum absolute atomic E-state index is 0.0222. The molecule has 1 amide bonds. The maximum absolute atomic E-state index is 13.1. The first kappa shape index (κ1) is 24.3. The molecule has 0 spiro atoms. The average molecular weight is 483 g/mol. The zero-order valence-electron chi connectivity index (χ0n) is 19.8. The average Bonchev–Trinajstić information content (AvgIpc) is 3.32. The minimum atomic E-state index is 0.0222. The van der Waals surface area contributed by atoms with E-state index >= 15 is 0 Å². The van der Waals surface area contributed by atoms with Crippen LogP contribution in [0.3, 0.4) is 0 Å². The summed E-state index contributed by atoms with van der Waals surface area (Å²) in [7, 11) is 3.33. The van der Waals surface area contributed by atoms with E-state index in [1.54, 1.807) is 26.0 Å². The summed E-state index contributed by atoms with van der Waals surface area (Å²) in [5, 5.41) is 9.77. The molecule has 3 aromatic rings. The van der Waals surface area contributed by atoms with Gasteiger partial charge in [-0.3, -0.25) is 9.36 Å². The molecule has 0 N–H and O–H groups in total. The fourth-order valence-electron chi connectivity index (χ4n) is 3.98. The van der Waals surface area contributed by atoms with Gasteiger partial charge in [0, 0.05) is 37.1 Å². The van der Waals surface area contributed by atoms with Gasteiger partial charge in [-0.05, 0) is 30.7 Å². The second-order valence-corrected chi connectivity index (χ2v) is 9.01. The highest BCUT2D eigenvalue weighted by Gasteiger charge is 2.23. The Bertz CT molecular complexity index is 1110.